The molecule has 1 aromatic rings. The molecule has 0 aromatic carbocycles. The molecule has 0 saturated carbocycles. The van der Waals surface area contributed by atoms with Crippen molar-refractivity contribution in [2.45, 2.75) is 19.8 Å². The highest BCUT2D eigenvalue weighted by Crippen LogP contribution is 2.26. The Morgan fingerprint density at radius 1 is 1.56 bits per heavy atom. The lowest BCUT2D eigenvalue weighted by Crippen LogP contribution is -2.35. The van der Waals surface area contributed by atoms with E-state index in [1.807, 2.05) is 0 Å². The Labute approximate surface area is 112 Å². The van der Waals surface area contributed by atoms with Crippen LogP contribution < -0.4 is 11.1 Å². The Hall–Kier alpha value is -1.32. The highest BCUT2D eigenvalue weighted by Gasteiger charge is 2.19. The van der Waals surface area contributed by atoms with Crippen LogP contribution in [0.5, 0.6) is 0 Å². The fourth-order valence-corrected chi connectivity index (χ4v) is 2.95. The van der Waals surface area contributed by atoms with Gasteiger partial charge < -0.3 is 16.0 Å². The Morgan fingerprint density at radius 3 is 2.89 bits per heavy atom. The average Bonchev–Trinajstić information content (AvgIpc) is 2.77. The number of likely N-dealkylation sites (tertiary alicyclic amines) is 1. The second-order valence-electron chi connectivity index (χ2n) is 4.64. The molecule has 1 aliphatic rings. The van der Waals surface area contributed by atoms with Crippen molar-refractivity contribution in [2.75, 3.05) is 37.2 Å². The highest BCUT2D eigenvalue weighted by molar-refractivity contribution is 7.10. The standard InChI is InChI=1S/C12H19N5S/c1-2-17-5-3-9(4-6-17)8-15-12-10(7-13)11(14)16-18-12/h9,15H,2-6,8H2,1H3,(H2,14,16). The number of nitrogens with zero attached hydrogens (tertiary/aromatic N) is 3. The van der Waals surface area contributed by atoms with E-state index in [1.54, 1.807) is 0 Å². The van der Waals surface area contributed by atoms with E-state index in [0.29, 0.717) is 17.3 Å². The second kappa shape index (κ2) is 6.03. The van der Waals surface area contributed by atoms with Crippen LogP contribution in [0.1, 0.15) is 25.3 Å². The van der Waals surface area contributed by atoms with Gasteiger partial charge in [-0.15, -0.1) is 0 Å². The molecular formula is C12H19N5S. The number of anilines is 2. The number of rotatable bonds is 4. The maximum Gasteiger partial charge on any atom is 0.157 e. The molecule has 1 saturated heterocycles. The maximum absolute atomic E-state index is 8.98. The van der Waals surface area contributed by atoms with E-state index in [1.165, 1.54) is 37.5 Å². The molecule has 1 aliphatic heterocycles. The molecule has 6 heteroatoms. The fourth-order valence-electron chi connectivity index (χ4n) is 2.27. The SMILES string of the molecule is CCN1CCC(CNc2snc(N)c2C#N)CC1. The lowest BCUT2D eigenvalue weighted by atomic mass is 9.97. The first-order valence-corrected chi connectivity index (χ1v) is 7.13. The summed E-state index contributed by atoms with van der Waals surface area (Å²) in [6.07, 6.45) is 2.44. The lowest BCUT2D eigenvalue weighted by Gasteiger charge is -2.31. The van der Waals surface area contributed by atoms with Gasteiger partial charge in [0, 0.05) is 6.54 Å². The van der Waals surface area contributed by atoms with Gasteiger partial charge in [0.15, 0.2) is 5.82 Å². The van der Waals surface area contributed by atoms with E-state index >= 15 is 0 Å². The molecule has 0 aliphatic carbocycles. The molecule has 18 heavy (non-hydrogen) atoms. The minimum absolute atomic E-state index is 0.339. The molecule has 0 amide bonds. The third-order valence-corrected chi connectivity index (χ3v) is 4.35. The van der Waals surface area contributed by atoms with Crippen molar-refractivity contribution in [3.8, 4) is 6.07 Å². The van der Waals surface area contributed by atoms with Crippen LogP contribution in [0.3, 0.4) is 0 Å². The number of piperidine rings is 1. The zero-order valence-corrected chi connectivity index (χ0v) is 11.5. The number of nitrogens with one attached hydrogen (secondary N) is 1. The van der Waals surface area contributed by atoms with Crippen molar-refractivity contribution in [1.82, 2.24) is 9.27 Å². The quantitative estimate of drug-likeness (QED) is 0.867. The van der Waals surface area contributed by atoms with Crippen molar-refractivity contribution in [1.29, 1.82) is 5.26 Å². The zero-order valence-electron chi connectivity index (χ0n) is 10.6. The average molecular weight is 265 g/mol. The highest BCUT2D eigenvalue weighted by atomic mass is 32.1. The number of aromatic nitrogens is 1. The number of nitrogens with two attached hydrogens (primary N) is 1. The van der Waals surface area contributed by atoms with Crippen LogP contribution in [-0.2, 0) is 0 Å². The van der Waals surface area contributed by atoms with Gasteiger partial charge in [-0.1, -0.05) is 6.92 Å². The van der Waals surface area contributed by atoms with E-state index in [2.05, 4.69) is 27.6 Å². The molecule has 98 valence electrons. The van der Waals surface area contributed by atoms with E-state index in [-0.39, 0.29) is 0 Å². The number of hydrogen-bond donors (Lipinski definition) is 2. The largest absolute Gasteiger partial charge is 0.382 e. The van der Waals surface area contributed by atoms with Gasteiger partial charge in [0.05, 0.1) is 0 Å². The minimum atomic E-state index is 0.339. The Bertz CT molecular complexity index is 428. The number of nitriles is 1. The molecule has 1 fully saturated rings. The van der Waals surface area contributed by atoms with Crippen LogP contribution in [-0.4, -0.2) is 35.5 Å². The van der Waals surface area contributed by atoms with Crippen LogP contribution in [0, 0.1) is 17.2 Å². The van der Waals surface area contributed by atoms with Crippen LogP contribution in [0.25, 0.3) is 0 Å². The molecule has 2 heterocycles. The zero-order chi connectivity index (χ0) is 13.0. The first-order valence-electron chi connectivity index (χ1n) is 6.36. The summed E-state index contributed by atoms with van der Waals surface area (Å²) in [5, 5.41) is 13.1. The summed E-state index contributed by atoms with van der Waals surface area (Å²) in [4.78, 5) is 2.47. The van der Waals surface area contributed by atoms with Crippen molar-refractivity contribution < 1.29 is 0 Å². The molecule has 0 atom stereocenters. The van der Waals surface area contributed by atoms with Crippen LogP contribution in [0.4, 0.5) is 10.8 Å². The second-order valence-corrected chi connectivity index (χ2v) is 5.42. The fraction of sp³-hybridized carbons (Fsp3) is 0.667. The summed E-state index contributed by atoms with van der Waals surface area (Å²) in [5.74, 6) is 1.02. The van der Waals surface area contributed by atoms with Gasteiger partial charge in [-0.2, -0.15) is 9.64 Å². The topological polar surface area (TPSA) is 78.0 Å². The monoisotopic (exact) mass is 265 g/mol. The summed E-state index contributed by atoms with van der Waals surface area (Å²) < 4.78 is 4.00. The molecule has 1 aromatic heterocycles. The lowest BCUT2D eigenvalue weighted by molar-refractivity contribution is 0.198. The number of hydrogen-bond acceptors (Lipinski definition) is 6. The molecule has 2 rings (SSSR count). The van der Waals surface area contributed by atoms with Gasteiger partial charge in [-0.3, -0.25) is 0 Å². The van der Waals surface area contributed by atoms with Gasteiger partial charge >= 0.3 is 0 Å². The third kappa shape index (κ3) is 2.92. The van der Waals surface area contributed by atoms with Gasteiger partial charge in [-0.25, -0.2) is 0 Å². The predicted octanol–water partition coefficient (Wildman–Crippen LogP) is 1.74. The van der Waals surface area contributed by atoms with Crippen LogP contribution in [0.15, 0.2) is 0 Å². The number of nitrogen functional groups attached to an aromatic ring is 1. The predicted molar refractivity (Wildman–Crippen MR) is 74.6 cm³/mol. The van der Waals surface area contributed by atoms with Gasteiger partial charge in [0.2, 0.25) is 0 Å². The van der Waals surface area contributed by atoms with Gasteiger partial charge in [0.1, 0.15) is 16.6 Å². The van der Waals surface area contributed by atoms with Crippen LogP contribution in [0.2, 0.25) is 0 Å². The summed E-state index contributed by atoms with van der Waals surface area (Å²) >= 11 is 1.28. The molecular weight excluding hydrogens is 246 g/mol. The smallest absolute Gasteiger partial charge is 0.157 e. The van der Waals surface area contributed by atoms with Gasteiger partial charge in [-0.05, 0) is 49.9 Å². The van der Waals surface area contributed by atoms with E-state index in [4.69, 9.17) is 11.0 Å². The summed E-state index contributed by atoms with van der Waals surface area (Å²) in [6, 6.07) is 2.10. The normalized spacial score (nSPS) is 17.6. The minimum Gasteiger partial charge on any atom is -0.382 e. The van der Waals surface area contributed by atoms with Crippen LogP contribution >= 0.6 is 11.5 Å². The third-order valence-electron chi connectivity index (χ3n) is 3.54. The molecule has 0 unspecified atom stereocenters. The molecule has 0 spiro atoms. The molecule has 0 bridgehead atoms. The van der Waals surface area contributed by atoms with E-state index in [9.17, 15) is 0 Å². The Kier molecular flexibility index (Phi) is 4.39. The molecule has 5 nitrogen and oxygen atoms in total. The molecule has 0 radical (unpaired) electrons. The first-order chi connectivity index (χ1) is 8.74. The summed E-state index contributed by atoms with van der Waals surface area (Å²) in [5.41, 5.74) is 6.12. The maximum atomic E-state index is 8.98. The van der Waals surface area contributed by atoms with Crippen molar-refractivity contribution >= 4 is 22.4 Å². The van der Waals surface area contributed by atoms with Crippen molar-refractivity contribution in [3.05, 3.63) is 5.56 Å². The van der Waals surface area contributed by atoms with Crippen molar-refractivity contribution in [3.63, 3.8) is 0 Å². The molecule has 3 N–H and O–H groups in total. The first kappa shape index (κ1) is 13.1. The Morgan fingerprint density at radius 2 is 2.28 bits per heavy atom. The van der Waals surface area contributed by atoms with E-state index < -0.39 is 0 Å². The summed E-state index contributed by atoms with van der Waals surface area (Å²) in [6.45, 7) is 6.62. The summed E-state index contributed by atoms with van der Waals surface area (Å²) in [7, 11) is 0. The van der Waals surface area contributed by atoms with E-state index in [0.717, 1.165) is 18.1 Å². The van der Waals surface area contributed by atoms with Crippen molar-refractivity contribution in [2.24, 2.45) is 5.92 Å². The van der Waals surface area contributed by atoms with Gasteiger partial charge in [0.25, 0.3) is 0 Å². The Balaban J connectivity index is 1.84.